The lowest BCUT2D eigenvalue weighted by atomic mass is 10.1. The molecule has 0 spiro atoms. The van der Waals surface area contributed by atoms with E-state index >= 15 is 0 Å². The second-order valence-corrected chi connectivity index (χ2v) is 9.09. The molecule has 0 unspecified atom stereocenters. The van der Waals surface area contributed by atoms with E-state index in [4.69, 9.17) is 0 Å². The van der Waals surface area contributed by atoms with Crippen LogP contribution in [-0.2, 0) is 16.6 Å². The molecule has 1 amide bonds. The van der Waals surface area contributed by atoms with Crippen molar-refractivity contribution in [2.75, 3.05) is 13.1 Å². The molecular formula is C21H26N2O3S. The Balaban J connectivity index is 1.79. The van der Waals surface area contributed by atoms with Gasteiger partial charge in [-0.1, -0.05) is 30.3 Å². The van der Waals surface area contributed by atoms with Crippen LogP contribution in [0.4, 0.5) is 0 Å². The van der Waals surface area contributed by atoms with Gasteiger partial charge in [0.2, 0.25) is 10.0 Å². The number of amides is 1. The van der Waals surface area contributed by atoms with E-state index in [1.165, 1.54) is 4.31 Å². The molecule has 6 heteroatoms. The molecule has 1 aliphatic heterocycles. The number of hydrogen-bond acceptors (Lipinski definition) is 3. The summed E-state index contributed by atoms with van der Waals surface area (Å²) in [7, 11) is -3.46. The Hall–Kier alpha value is -2.18. The van der Waals surface area contributed by atoms with Crippen LogP contribution < -0.4 is 0 Å². The Bertz CT molecular complexity index is 871. The highest BCUT2D eigenvalue weighted by Crippen LogP contribution is 2.22. The molecule has 1 aliphatic rings. The molecule has 5 nitrogen and oxygen atoms in total. The van der Waals surface area contributed by atoms with Gasteiger partial charge in [-0.25, -0.2) is 8.42 Å². The molecule has 144 valence electrons. The summed E-state index contributed by atoms with van der Waals surface area (Å²) in [5.74, 6) is -0.0982. The van der Waals surface area contributed by atoms with Crippen molar-refractivity contribution in [2.24, 2.45) is 0 Å². The van der Waals surface area contributed by atoms with Gasteiger partial charge in [0.05, 0.1) is 4.90 Å². The normalized spacial score (nSPS) is 15.2. The van der Waals surface area contributed by atoms with Gasteiger partial charge in [0.15, 0.2) is 0 Å². The smallest absolute Gasteiger partial charge is 0.254 e. The maximum atomic E-state index is 13.0. The van der Waals surface area contributed by atoms with Gasteiger partial charge in [-0.3, -0.25) is 4.79 Å². The van der Waals surface area contributed by atoms with Gasteiger partial charge < -0.3 is 4.90 Å². The molecule has 1 saturated heterocycles. The van der Waals surface area contributed by atoms with E-state index in [1.807, 2.05) is 44.2 Å². The average Bonchev–Trinajstić information content (AvgIpc) is 3.22. The molecule has 0 aromatic heterocycles. The minimum atomic E-state index is -3.46. The maximum absolute atomic E-state index is 13.0. The summed E-state index contributed by atoms with van der Waals surface area (Å²) in [6, 6.07) is 16.2. The molecule has 1 fully saturated rings. The number of rotatable bonds is 6. The number of hydrogen-bond donors (Lipinski definition) is 0. The first kappa shape index (κ1) is 19.6. The van der Waals surface area contributed by atoms with Crippen LogP contribution in [0, 0.1) is 0 Å². The molecule has 0 bridgehead atoms. The predicted octanol–water partition coefficient (Wildman–Crippen LogP) is 3.52. The van der Waals surface area contributed by atoms with Crippen molar-refractivity contribution < 1.29 is 13.2 Å². The zero-order valence-electron chi connectivity index (χ0n) is 15.8. The van der Waals surface area contributed by atoms with Crippen LogP contribution in [0.1, 0.15) is 42.6 Å². The average molecular weight is 387 g/mol. The van der Waals surface area contributed by atoms with Crippen LogP contribution in [0.3, 0.4) is 0 Å². The van der Waals surface area contributed by atoms with Crippen LogP contribution in [0.2, 0.25) is 0 Å². The molecule has 0 radical (unpaired) electrons. The zero-order chi connectivity index (χ0) is 19.4. The minimum Gasteiger partial charge on any atom is -0.332 e. The van der Waals surface area contributed by atoms with E-state index in [2.05, 4.69) is 0 Å². The highest BCUT2D eigenvalue weighted by atomic mass is 32.2. The van der Waals surface area contributed by atoms with Crippen molar-refractivity contribution in [2.45, 2.75) is 44.2 Å². The fraction of sp³-hybridized carbons (Fsp3) is 0.381. The lowest BCUT2D eigenvalue weighted by Crippen LogP contribution is -2.36. The highest BCUT2D eigenvalue weighted by Gasteiger charge is 2.27. The van der Waals surface area contributed by atoms with Crippen molar-refractivity contribution in [3.05, 3.63) is 65.7 Å². The Labute approximate surface area is 161 Å². The zero-order valence-corrected chi connectivity index (χ0v) is 16.7. The number of carbonyl (C=O) groups is 1. The highest BCUT2D eigenvalue weighted by molar-refractivity contribution is 7.89. The molecule has 2 aromatic carbocycles. The predicted molar refractivity (Wildman–Crippen MR) is 106 cm³/mol. The summed E-state index contributed by atoms with van der Waals surface area (Å²) in [6.45, 7) is 5.62. The van der Waals surface area contributed by atoms with Crippen LogP contribution in [0.5, 0.6) is 0 Å². The van der Waals surface area contributed by atoms with Crippen molar-refractivity contribution in [1.29, 1.82) is 0 Å². The van der Waals surface area contributed by atoms with Gasteiger partial charge in [0.1, 0.15) is 0 Å². The second kappa shape index (κ2) is 8.23. The number of nitrogens with zero attached hydrogens (tertiary/aromatic N) is 2. The van der Waals surface area contributed by atoms with Gasteiger partial charge in [-0.05, 0) is 56.5 Å². The van der Waals surface area contributed by atoms with Gasteiger partial charge in [0, 0.05) is 31.2 Å². The van der Waals surface area contributed by atoms with Crippen LogP contribution in [-0.4, -0.2) is 42.7 Å². The number of sulfonamides is 1. The molecule has 2 aromatic rings. The number of carbonyl (C=O) groups excluding carboxylic acids is 1. The van der Waals surface area contributed by atoms with E-state index in [0.717, 1.165) is 18.4 Å². The van der Waals surface area contributed by atoms with E-state index in [0.29, 0.717) is 25.2 Å². The quantitative estimate of drug-likeness (QED) is 0.763. The van der Waals surface area contributed by atoms with Crippen molar-refractivity contribution in [3.8, 4) is 0 Å². The summed E-state index contributed by atoms with van der Waals surface area (Å²) < 4.78 is 26.8. The van der Waals surface area contributed by atoms with E-state index in [1.54, 1.807) is 29.2 Å². The van der Waals surface area contributed by atoms with Gasteiger partial charge in [0.25, 0.3) is 5.91 Å². The summed E-state index contributed by atoms with van der Waals surface area (Å²) in [4.78, 5) is 15.0. The fourth-order valence-corrected chi connectivity index (χ4v) is 4.80. The van der Waals surface area contributed by atoms with Crippen LogP contribution >= 0.6 is 0 Å². The molecule has 3 rings (SSSR count). The van der Waals surface area contributed by atoms with Crippen LogP contribution in [0.15, 0.2) is 59.5 Å². The molecule has 27 heavy (non-hydrogen) atoms. The first-order valence-corrected chi connectivity index (χ1v) is 10.8. The molecular weight excluding hydrogens is 360 g/mol. The first-order chi connectivity index (χ1) is 12.9. The Kier molecular flexibility index (Phi) is 5.97. The minimum absolute atomic E-state index is 0.0331. The molecule has 0 atom stereocenters. The monoisotopic (exact) mass is 386 g/mol. The molecule has 0 saturated carbocycles. The maximum Gasteiger partial charge on any atom is 0.254 e. The van der Waals surface area contributed by atoms with Crippen molar-refractivity contribution in [1.82, 2.24) is 9.21 Å². The standard InChI is InChI=1S/C21H26N2O3S/c1-17(2)23(16-18-8-4-3-5-9-18)21(24)19-10-12-20(13-11-19)27(25,26)22-14-6-7-15-22/h3-5,8-13,17H,6-7,14-16H2,1-2H3. The molecule has 0 N–H and O–H groups in total. The largest absolute Gasteiger partial charge is 0.332 e. The Morgan fingerprint density at radius 1 is 1.00 bits per heavy atom. The summed E-state index contributed by atoms with van der Waals surface area (Å²) in [5, 5.41) is 0. The lowest BCUT2D eigenvalue weighted by Gasteiger charge is -2.27. The third-order valence-electron chi connectivity index (χ3n) is 4.88. The van der Waals surface area contributed by atoms with Crippen LogP contribution in [0.25, 0.3) is 0 Å². The lowest BCUT2D eigenvalue weighted by molar-refractivity contribution is 0.0690. The molecule has 1 heterocycles. The van der Waals surface area contributed by atoms with Gasteiger partial charge >= 0.3 is 0 Å². The summed E-state index contributed by atoms with van der Waals surface area (Å²) >= 11 is 0. The second-order valence-electron chi connectivity index (χ2n) is 7.15. The summed E-state index contributed by atoms with van der Waals surface area (Å²) in [5.41, 5.74) is 1.56. The first-order valence-electron chi connectivity index (χ1n) is 9.34. The van der Waals surface area contributed by atoms with Crippen molar-refractivity contribution >= 4 is 15.9 Å². The SMILES string of the molecule is CC(C)N(Cc1ccccc1)C(=O)c1ccc(S(=O)(=O)N2CCCC2)cc1. The van der Waals surface area contributed by atoms with Gasteiger partial charge in [-0.2, -0.15) is 4.31 Å². The fourth-order valence-electron chi connectivity index (χ4n) is 3.28. The Morgan fingerprint density at radius 3 is 2.15 bits per heavy atom. The Morgan fingerprint density at radius 2 is 1.59 bits per heavy atom. The number of benzene rings is 2. The van der Waals surface area contributed by atoms with E-state index < -0.39 is 10.0 Å². The molecule has 0 aliphatic carbocycles. The van der Waals surface area contributed by atoms with E-state index in [9.17, 15) is 13.2 Å². The third kappa shape index (κ3) is 4.39. The third-order valence-corrected chi connectivity index (χ3v) is 6.80. The topological polar surface area (TPSA) is 57.7 Å². The van der Waals surface area contributed by atoms with Gasteiger partial charge in [-0.15, -0.1) is 0 Å². The summed E-state index contributed by atoms with van der Waals surface area (Å²) in [6.07, 6.45) is 1.80. The van der Waals surface area contributed by atoms with Crippen molar-refractivity contribution in [3.63, 3.8) is 0 Å². The van der Waals surface area contributed by atoms with E-state index in [-0.39, 0.29) is 16.8 Å².